The first kappa shape index (κ1) is 8.44. The quantitative estimate of drug-likeness (QED) is 0.678. The Morgan fingerprint density at radius 3 is 3.15 bits per heavy atom. The van der Waals surface area contributed by atoms with Crippen LogP contribution < -0.4 is 5.32 Å². The zero-order chi connectivity index (χ0) is 9.26. The van der Waals surface area contributed by atoms with Crippen molar-refractivity contribution in [1.82, 2.24) is 15.1 Å². The van der Waals surface area contributed by atoms with Crippen LogP contribution >= 0.6 is 0 Å². The van der Waals surface area contributed by atoms with Crippen LogP contribution in [-0.2, 0) is 7.05 Å². The van der Waals surface area contributed by atoms with Gasteiger partial charge in [-0.05, 0) is 25.5 Å². The van der Waals surface area contributed by atoms with Crippen molar-refractivity contribution >= 4 is 6.29 Å². The lowest BCUT2D eigenvalue weighted by molar-refractivity contribution is 0.111. The van der Waals surface area contributed by atoms with E-state index in [1.807, 2.05) is 6.07 Å². The van der Waals surface area contributed by atoms with Crippen molar-refractivity contribution in [1.29, 1.82) is 0 Å². The third-order valence-corrected chi connectivity index (χ3v) is 2.47. The molecule has 4 nitrogen and oxygen atoms in total. The van der Waals surface area contributed by atoms with Gasteiger partial charge in [0.25, 0.3) is 0 Å². The van der Waals surface area contributed by atoms with Gasteiger partial charge in [0.2, 0.25) is 0 Å². The Hall–Kier alpha value is -1.16. The lowest BCUT2D eigenvalue weighted by atomic mass is 10.1. The molecule has 70 valence electrons. The molecule has 0 aromatic carbocycles. The Labute approximate surface area is 76.9 Å². The van der Waals surface area contributed by atoms with Crippen LogP contribution in [0.4, 0.5) is 0 Å². The van der Waals surface area contributed by atoms with Crippen LogP contribution in [0.15, 0.2) is 6.07 Å². The van der Waals surface area contributed by atoms with Gasteiger partial charge in [-0.25, -0.2) is 0 Å². The van der Waals surface area contributed by atoms with Gasteiger partial charge in [0.05, 0.1) is 11.7 Å². The summed E-state index contributed by atoms with van der Waals surface area (Å²) in [5, 5.41) is 7.63. The van der Waals surface area contributed by atoms with Gasteiger partial charge >= 0.3 is 0 Å². The molecule has 4 heteroatoms. The first-order chi connectivity index (χ1) is 6.31. The van der Waals surface area contributed by atoms with E-state index in [1.54, 1.807) is 11.7 Å². The highest BCUT2D eigenvalue weighted by Gasteiger charge is 2.19. The zero-order valence-corrected chi connectivity index (χ0v) is 7.66. The highest BCUT2D eigenvalue weighted by molar-refractivity contribution is 5.72. The molecule has 0 amide bonds. The number of aryl methyl sites for hydroxylation is 1. The van der Waals surface area contributed by atoms with E-state index in [4.69, 9.17) is 0 Å². The van der Waals surface area contributed by atoms with Crippen LogP contribution in [0.25, 0.3) is 0 Å². The van der Waals surface area contributed by atoms with Crippen molar-refractivity contribution in [2.24, 2.45) is 7.05 Å². The third-order valence-electron chi connectivity index (χ3n) is 2.47. The van der Waals surface area contributed by atoms with Crippen molar-refractivity contribution in [2.75, 3.05) is 6.54 Å². The van der Waals surface area contributed by atoms with Crippen molar-refractivity contribution in [2.45, 2.75) is 18.9 Å². The van der Waals surface area contributed by atoms with E-state index in [2.05, 4.69) is 10.4 Å². The van der Waals surface area contributed by atoms with Crippen LogP contribution in [0.3, 0.4) is 0 Å². The van der Waals surface area contributed by atoms with E-state index in [1.165, 1.54) is 6.42 Å². The summed E-state index contributed by atoms with van der Waals surface area (Å²) < 4.78 is 1.63. The molecular formula is C9H13N3O. The normalized spacial score (nSPS) is 22.1. The van der Waals surface area contributed by atoms with Gasteiger partial charge in [0.15, 0.2) is 6.29 Å². The molecule has 2 heterocycles. The summed E-state index contributed by atoms with van der Waals surface area (Å²) in [6.07, 6.45) is 3.15. The molecule has 2 rings (SSSR count). The Balaban J connectivity index is 2.24. The van der Waals surface area contributed by atoms with Crippen molar-refractivity contribution in [3.63, 3.8) is 0 Å². The predicted octanol–water partition coefficient (Wildman–Crippen LogP) is 0.657. The van der Waals surface area contributed by atoms with Crippen molar-refractivity contribution in [3.8, 4) is 0 Å². The number of hydrogen-bond donors (Lipinski definition) is 1. The summed E-state index contributed by atoms with van der Waals surface area (Å²) in [7, 11) is 1.79. The molecule has 1 aliphatic heterocycles. The van der Waals surface area contributed by atoms with E-state index >= 15 is 0 Å². The van der Waals surface area contributed by atoms with Gasteiger partial charge in [-0.2, -0.15) is 5.10 Å². The number of carbonyl (C=O) groups excluding carboxylic acids is 1. The molecule has 0 radical (unpaired) electrons. The lowest BCUT2D eigenvalue weighted by Gasteiger charge is -2.04. The number of aromatic nitrogens is 2. The van der Waals surface area contributed by atoms with Crippen molar-refractivity contribution < 1.29 is 4.79 Å². The Morgan fingerprint density at radius 2 is 2.62 bits per heavy atom. The molecule has 1 saturated heterocycles. The van der Waals surface area contributed by atoms with E-state index in [0.29, 0.717) is 11.7 Å². The van der Waals surface area contributed by atoms with Crippen LogP contribution in [-0.4, -0.2) is 22.6 Å². The fourth-order valence-corrected chi connectivity index (χ4v) is 1.72. The standard InChI is InChI=1S/C9H13N3O/c1-12-7(6-13)5-9(11-12)8-3-2-4-10-8/h5-6,8,10H,2-4H2,1H3. The molecule has 0 aliphatic carbocycles. The number of nitrogens with one attached hydrogen (secondary N) is 1. The fraction of sp³-hybridized carbons (Fsp3) is 0.556. The van der Waals surface area contributed by atoms with Gasteiger partial charge in [-0.1, -0.05) is 0 Å². The van der Waals surface area contributed by atoms with Gasteiger partial charge in [-0.3, -0.25) is 9.48 Å². The lowest BCUT2D eigenvalue weighted by Crippen LogP contribution is -2.13. The third kappa shape index (κ3) is 1.49. The number of hydrogen-bond acceptors (Lipinski definition) is 3. The first-order valence-electron chi connectivity index (χ1n) is 4.54. The maximum absolute atomic E-state index is 10.6. The first-order valence-corrected chi connectivity index (χ1v) is 4.54. The molecule has 1 aromatic heterocycles. The largest absolute Gasteiger partial charge is 0.309 e. The summed E-state index contributed by atoms with van der Waals surface area (Å²) in [4.78, 5) is 10.6. The fourth-order valence-electron chi connectivity index (χ4n) is 1.72. The van der Waals surface area contributed by atoms with E-state index in [0.717, 1.165) is 24.9 Å². The maximum Gasteiger partial charge on any atom is 0.168 e. The highest BCUT2D eigenvalue weighted by atomic mass is 16.1. The summed E-state index contributed by atoms with van der Waals surface area (Å²) in [5.41, 5.74) is 1.63. The van der Waals surface area contributed by atoms with Crippen LogP contribution in [0, 0.1) is 0 Å². The second-order valence-electron chi connectivity index (χ2n) is 3.38. The Kier molecular flexibility index (Phi) is 2.14. The van der Waals surface area contributed by atoms with E-state index in [9.17, 15) is 4.79 Å². The average molecular weight is 179 g/mol. The topological polar surface area (TPSA) is 46.9 Å². The summed E-state index contributed by atoms with van der Waals surface area (Å²) in [6.45, 7) is 1.05. The molecule has 13 heavy (non-hydrogen) atoms. The second-order valence-corrected chi connectivity index (χ2v) is 3.38. The molecule has 1 unspecified atom stereocenters. The van der Waals surface area contributed by atoms with Crippen molar-refractivity contribution in [3.05, 3.63) is 17.5 Å². The van der Waals surface area contributed by atoms with E-state index < -0.39 is 0 Å². The molecule has 1 atom stereocenters. The van der Waals surface area contributed by atoms with E-state index in [-0.39, 0.29) is 0 Å². The smallest absolute Gasteiger partial charge is 0.168 e. The van der Waals surface area contributed by atoms with Gasteiger partial charge in [0, 0.05) is 7.05 Å². The predicted molar refractivity (Wildman–Crippen MR) is 48.6 cm³/mol. The highest BCUT2D eigenvalue weighted by Crippen LogP contribution is 2.21. The number of nitrogens with zero attached hydrogens (tertiary/aromatic N) is 2. The number of rotatable bonds is 2. The SMILES string of the molecule is Cn1nc(C2CCCN2)cc1C=O. The zero-order valence-electron chi connectivity index (χ0n) is 7.66. The number of aldehydes is 1. The molecule has 0 spiro atoms. The second kappa shape index (κ2) is 3.30. The number of carbonyl (C=O) groups is 1. The monoisotopic (exact) mass is 179 g/mol. The molecule has 1 fully saturated rings. The Morgan fingerprint density at radius 1 is 1.77 bits per heavy atom. The minimum atomic E-state index is 0.347. The molecule has 0 bridgehead atoms. The summed E-state index contributed by atoms with van der Waals surface area (Å²) in [6, 6.07) is 2.20. The van der Waals surface area contributed by atoms with Crippen LogP contribution in [0.5, 0.6) is 0 Å². The van der Waals surface area contributed by atoms with Crippen LogP contribution in [0.1, 0.15) is 35.1 Å². The molecule has 1 aromatic rings. The minimum Gasteiger partial charge on any atom is -0.309 e. The molecular weight excluding hydrogens is 166 g/mol. The minimum absolute atomic E-state index is 0.347. The Bertz CT molecular complexity index is 313. The molecule has 1 aliphatic rings. The maximum atomic E-state index is 10.6. The van der Waals surface area contributed by atoms with Gasteiger partial charge in [0.1, 0.15) is 5.69 Å². The molecule has 1 N–H and O–H groups in total. The average Bonchev–Trinajstić information content (AvgIpc) is 2.71. The van der Waals surface area contributed by atoms with Gasteiger partial charge < -0.3 is 5.32 Å². The van der Waals surface area contributed by atoms with Gasteiger partial charge in [-0.15, -0.1) is 0 Å². The summed E-state index contributed by atoms with van der Waals surface area (Å²) >= 11 is 0. The summed E-state index contributed by atoms with van der Waals surface area (Å²) in [5.74, 6) is 0. The molecule has 0 saturated carbocycles. The van der Waals surface area contributed by atoms with Crippen LogP contribution in [0.2, 0.25) is 0 Å².